The molecule has 0 spiro atoms. The number of hydrogen-bond acceptors (Lipinski definition) is 6. The summed E-state index contributed by atoms with van der Waals surface area (Å²) < 4.78 is 10.5. The second-order valence-electron chi connectivity index (χ2n) is 8.59. The van der Waals surface area contributed by atoms with Gasteiger partial charge in [0.25, 0.3) is 0 Å². The second-order valence-corrected chi connectivity index (χ2v) is 8.59. The van der Waals surface area contributed by atoms with Crippen molar-refractivity contribution in [1.29, 1.82) is 0 Å². The largest absolute Gasteiger partial charge is 0.497 e. The third-order valence-corrected chi connectivity index (χ3v) is 6.49. The molecule has 4 rings (SSSR count). The number of carbonyl (C=O) groups excluding carboxylic acids is 1. The minimum absolute atomic E-state index is 0.00153. The Hall–Kier alpha value is -2.38. The first-order valence-corrected chi connectivity index (χ1v) is 10.8. The predicted molar refractivity (Wildman–Crippen MR) is 114 cm³/mol. The summed E-state index contributed by atoms with van der Waals surface area (Å²) in [5.41, 5.74) is 2.12. The Bertz CT molecular complexity index is 842. The number of likely N-dealkylation sites (N-methyl/N-ethyl adjacent to an activating group) is 1. The average molecular weight is 413 g/mol. The Morgan fingerprint density at radius 2 is 1.93 bits per heavy atom. The highest BCUT2D eigenvalue weighted by molar-refractivity contribution is 5.80. The minimum atomic E-state index is -0.00153. The lowest BCUT2D eigenvalue weighted by Crippen LogP contribution is -2.49. The molecule has 1 N–H and O–H groups in total. The van der Waals surface area contributed by atoms with Gasteiger partial charge in [-0.05, 0) is 50.4 Å². The fraction of sp³-hybridized carbons (Fsp3) is 0.565. The van der Waals surface area contributed by atoms with Crippen molar-refractivity contribution in [3.63, 3.8) is 0 Å². The third kappa shape index (κ3) is 4.68. The van der Waals surface area contributed by atoms with Crippen molar-refractivity contribution in [2.75, 3.05) is 40.3 Å². The topological polar surface area (TPSA) is 70.8 Å². The van der Waals surface area contributed by atoms with E-state index in [-0.39, 0.29) is 17.9 Å². The minimum Gasteiger partial charge on any atom is -0.497 e. The van der Waals surface area contributed by atoms with Gasteiger partial charge >= 0.3 is 0 Å². The summed E-state index contributed by atoms with van der Waals surface area (Å²) in [5, 5.41) is 7.68. The number of amides is 1. The Kier molecular flexibility index (Phi) is 6.39. The van der Waals surface area contributed by atoms with Gasteiger partial charge in [0.15, 0.2) is 0 Å². The van der Waals surface area contributed by atoms with Gasteiger partial charge in [0.2, 0.25) is 5.91 Å². The van der Waals surface area contributed by atoms with Gasteiger partial charge in [-0.2, -0.15) is 0 Å². The zero-order chi connectivity index (χ0) is 21.1. The maximum atomic E-state index is 13.5. The van der Waals surface area contributed by atoms with Crippen molar-refractivity contribution in [3.05, 3.63) is 47.3 Å². The van der Waals surface area contributed by atoms with Crippen LogP contribution in [0.1, 0.15) is 35.8 Å². The summed E-state index contributed by atoms with van der Waals surface area (Å²) >= 11 is 0. The van der Waals surface area contributed by atoms with Crippen LogP contribution in [0.15, 0.2) is 34.9 Å². The number of aryl methyl sites for hydroxylation is 1. The van der Waals surface area contributed by atoms with E-state index < -0.39 is 0 Å². The Morgan fingerprint density at radius 1 is 1.20 bits per heavy atom. The first kappa shape index (κ1) is 20.9. The summed E-state index contributed by atoms with van der Waals surface area (Å²) in [6, 6.07) is 10.4. The van der Waals surface area contributed by atoms with Gasteiger partial charge in [0.1, 0.15) is 11.5 Å². The normalized spacial score (nSPS) is 24.9. The maximum Gasteiger partial charge on any atom is 0.226 e. The first-order valence-electron chi connectivity index (χ1n) is 10.8. The number of ether oxygens (including phenoxy) is 1. The van der Waals surface area contributed by atoms with E-state index in [0.29, 0.717) is 12.5 Å². The van der Waals surface area contributed by atoms with E-state index in [1.165, 1.54) is 5.56 Å². The van der Waals surface area contributed by atoms with Gasteiger partial charge in [-0.15, -0.1) is 0 Å². The smallest absolute Gasteiger partial charge is 0.226 e. The molecule has 1 saturated heterocycles. The van der Waals surface area contributed by atoms with Crippen molar-refractivity contribution in [2.24, 2.45) is 5.92 Å². The molecule has 1 aliphatic carbocycles. The number of nitrogens with one attached hydrogen (secondary N) is 1. The van der Waals surface area contributed by atoms with Gasteiger partial charge in [0, 0.05) is 50.7 Å². The van der Waals surface area contributed by atoms with Crippen molar-refractivity contribution in [2.45, 2.75) is 38.3 Å². The Morgan fingerprint density at radius 3 is 2.57 bits per heavy atom. The van der Waals surface area contributed by atoms with Crippen LogP contribution in [0.3, 0.4) is 0 Å². The highest BCUT2D eigenvalue weighted by Gasteiger charge is 2.41. The first-order chi connectivity index (χ1) is 14.5. The standard InChI is InChI=1S/C23H32N4O3/c1-16-12-19(25-30-16)15-24-18-13-21(17-4-6-20(29-3)7-5-17)22(14-18)23(28)27-10-8-26(2)9-11-27/h4-7,12,18,21-22,24H,8-11,13-15H2,1-3H3/t18-,21+,22-/m0/s1. The Balaban J connectivity index is 1.48. The van der Waals surface area contributed by atoms with Gasteiger partial charge < -0.3 is 24.4 Å². The molecule has 1 aromatic heterocycles. The molecule has 30 heavy (non-hydrogen) atoms. The SMILES string of the molecule is COc1ccc([C@H]2C[C@H](NCc3cc(C)on3)C[C@@H]2C(=O)N2CCN(C)CC2)cc1. The Labute approximate surface area is 178 Å². The van der Waals surface area contributed by atoms with Crippen molar-refractivity contribution in [3.8, 4) is 5.75 Å². The summed E-state index contributed by atoms with van der Waals surface area (Å²) in [5.74, 6) is 2.16. The molecule has 7 heteroatoms. The molecule has 1 saturated carbocycles. The molecule has 1 amide bonds. The van der Waals surface area contributed by atoms with Gasteiger partial charge in [-0.3, -0.25) is 4.79 Å². The molecule has 2 heterocycles. The highest BCUT2D eigenvalue weighted by Crippen LogP contribution is 2.41. The van der Waals surface area contributed by atoms with Crippen LogP contribution in [0, 0.1) is 12.8 Å². The van der Waals surface area contributed by atoms with E-state index in [0.717, 1.165) is 56.2 Å². The van der Waals surface area contributed by atoms with Crippen LogP contribution >= 0.6 is 0 Å². The number of benzene rings is 1. The number of rotatable bonds is 6. The van der Waals surface area contributed by atoms with Crippen molar-refractivity contribution < 1.29 is 14.1 Å². The van der Waals surface area contributed by atoms with Crippen LogP contribution in [-0.2, 0) is 11.3 Å². The van der Waals surface area contributed by atoms with E-state index in [9.17, 15) is 4.79 Å². The number of methoxy groups -OCH3 is 1. The molecule has 7 nitrogen and oxygen atoms in total. The average Bonchev–Trinajstić information content (AvgIpc) is 3.38. The van der Waals surface area contributed by atoms with E-state index >= 15 is 0 Å². The molecule has 1 aliphatic heterocycles. The fourth-order valence-corrected chi connectivity index (χ4v) is 4.71. The van der Waals surface area contributed by atoms with E-state index in [2.05, 4.69) is 39.5 Å². The van der Waals surface area contributed by atoms with Gasteiger partial charge in [0.05, 0.1) is 12.8 Å². The quantitative estimate of drug-likeness (QED) is 0.786. The lowest BCUT2D eigenvalue weighted by molar-refractivity contribution is -0.137. The molecule has 2 fully saturated rings. The van der Waals surface area contributed by atoms with Gasteiger partial charge in [-0.1, -0.05) is 17.3 Å². The molecule has 0 unspecified atom stereocenters. The van der Waals surface area contributed by atoms with Crippen molar-refractivity contribution in [1.82, 2.24) is 20.3 Å². The fourth-order valence-electron chi connectivity index (χ4n) is 4.71. The number of aromatic nitrogens is 1. The van der Waals surface area contributed by atoms with E-state index in [4.69, 9.17) is 9.26 Å². The number of carbonyl (C=O) groups is 1. The zero-order valence-electron chi connectivity index (χ0n) is 18.1. The van der Waals surface area contributed by atoms with Crippen LogP contribution < -0.4 is 10.1 Å². The van der Waals surface area contributed by atoms with Gasteiger partial charge in [-0.25, -0.2) is 0 Å². The molecular formula is C23H32N4O3. The highest BCUT2D eigenvalue weighted by atomic mass is 16.5. The summed E-state index contributed by atoms with van der Waals surface area (Å²) in [4.78, 5) is 17.8. The molecular weight excluding hydrogens is 380 g/mol. The van der Waals surface area contributed by atoms with Crippen LogP contribution in [0.2, 0.25) is 0 Å². The molecule has 0 bridgehead atoms. The van der Waals surface area contributed by atoms with Crippen LogP contribution in [0.4, 0.5) is 0 Å². The number of nitrogens with zero attached hydrogens (tertiary/aromatic N) is 3. The molecule has 1 aromatic carbocycles. The molecule has 3 atom stereocenters. The van der Waals surface area contributed by atoms with Crippen LogP contribution in [0.25, 0.3) is 0 Å². The third-order valence-electron chi connectivity index (χ3n) is 6.49. The second kappa shape index (κ2) is 9.18. The number of hydrogen-bond donors (Lipinski definition) is 1. The molecule has 2 aromatic rings. The summed E-state index contributed by atoms with van der Waals surface area (Å²) in [6.45, 7) is 6.08. The van der Waals surface area contributed by atoms with Crippen molar-refractivity contribution >= 4 is 5.91 Å². The summed E-state index contributed by atoms with van der Waals surface area (Å²) in [7, 11) is 3.79. The summed E-state index contributed by atoms with van der Waals surface area (Å²) in [6.07, 6.45) is 1.78. The maximum absolute atomic E-state index is 13.5. The molecule has 162 valence electrons. The molecule has 0 radical (unpaired) electrons. The molecule has 2 aliphatic rings. The van der Waals surface area contributed by atoms with E-state index in [1.807, 2.05) is 25.1 Å². The zero-order valence-corrected chi connectivity index (χ0v) is 18.1. The predicted octanol–water partition coefficient (Wildman–Crippen LogP) is 2.42. The number of piperazine rings is 1. The van der Waals surface area contributed by atoms with Crippen LogP contribution in [0.5, 0.6) is 5.75 Å². The van der Waals surface area contributed by atoms with E-state index in [1.54, 1.807) is 7.11 Å². The lowest BCUT2D eigenvalue weighted by Gasteiger charge is -2.35. The lowest BCUT2D eigenvalue weighted by atomic mass is 9.87. The van der Waals surface area contributed by atoms with Crippen LogP contribution in [-0.4, -0.2) is 67.2 Å². The monoisotopic (exact) mass is 412 g/mol.